The van der Waals surface area contributed by atoms with Crippen molar-refractivity contribution in [3.05, 3.63) is 64.9 Å². The van der Waals surface area contributed by atoms with Crippen molar-refractivity contribution in [2.45, 2.75) is 0 Å². The molecule has 1 aromatic heterocycles. The van der Waals surface area contributed by atoms with Crippen LogP contribution in [0.5, 0.6) is 5.75 Å². The number of hydrogen-bond donors (Lipinski definition) is 1. The normalized spacial score (nSPS) is 11.0. The maximum Gasteiger partial charge on any atom is 0.216 e. The first-order valence-electron chi connectivity index (χ1n) is 6.69. The lowest BCUT2D eigenvalue weighted by Crippen LogP contribution is -1.95. The summed E-state index contributed by atoms with van der Waals surface area (Å²) in [7, 11) is 1.63. The van der Waals surface area contributed by atoms with Gasteiger partial charge < -0.3 is 4.74 Å². The molecule has 0 saturated heterocycles. The number of aromatic nitrogens is 3. The minimum atomic E-state index is 0.443. The van der Waals surface area contributed by atoms with Crippen LogP contribution in [0, 0.1) is 4.77 Å². The second-order valence-corrected chi connectivity index (χ2v) is 4.94. The molecule has 1 N–H and O–H groups in total. The number of aromatic amines is 1. The first-order valence-corrected chi connectivity index (χ1v) is 7.10. The van der Waals surface area contributed by atoms with Crippen LogP contribution in [0.2, 0.25) is 0 Å². The van der Waals surface area contributed by atoms with Gasteiger partial charge in [0.2, 0.25) is 4.77 Å². The highest BCUT2D eigenvalue weighted by Crippen LogP contribution is 2.16. The molecule has 0 aliphatic carbocycles. The van der Waals surface area contributed by atoms with E-state index in [1.165, 1.54) is 0 Å². The van der Waals surface area contributed by atoms with Gasteiger partial charge in [-0.2, -0.15) is 14.9 Å². The number of nitrogens with one attached hydrogen (secondary N) is 1. The van der Waals surface area contributed by atoms with Crippen molar-refractivity contribution < 1.29 is 4.74 Å². The van der Waals surface area contributed by atoms with Gasteiger partial charge in [-0.05, 0) is 29.9 Å². The molecule has 0 aliphatic rings. The summed E-state index contributed by atoms with van der Waals surface area (Å²) in [6, 6.07) is 17.4. The Morgan fingerprint density at radius 2 is 2.00 bits per heavy atom. The second-order valence-electron chi connectivity index (χ2n) is 4.55. The Bertz CT molecular complexity index is 852. The molecule has 1 heterocycles. The van der Waals surface area contributed by atoms with E-state index in [1.807, 2.05) is 54.6 Å². The summed E-state index contributed by atoms with van der Waals surface area (Å²) in [5, 5.41) is 11.4. The van der Waals surface area contributed by atoms with Gasteiger partial charge in [0.05, 0.1) is 13.3 Å². The number of benzene rings is 2. The fraction of sp³-hybridized carbons (Fsp3) is 0.0625. The van der Waals surface area contributed by atoms with E-state index in [-0.39, 0.29) is 0 Å². The smallest absolute Gasteiger partial charge is 0.216 e. The molecule has 0 saturated carbocycles. The standard InChI is InChI=1S/C16H14N4OS/c1-21-14-9-5-6-12(10-14)11-17-20-15(18-19-16(20)22)13-7-3-2-4-8-13/h2-11H,1H3,(H,19,22). The van der Waals surface area contributed by atoms with E-state index >= 15 is 0 Å². The Balaban J connectivity index is 1.97. The van der Waals surface area contributed by atoms with Crippen molar-refractivity contribution >= 4 is 18.4 Å². The molecule has 22 heavy (non-hydrogen) atoms. The Kier molecular flexibility index (Phi) is 4.11. The van der Waals surface area contributed by atoms with E-state index < -0.39 is 0 Å². The quantitative estimate of drug-likeness (QED) is 0.593. The molecule has 2 aromatic carbocycles. The SMILES string of the molecule is COc1cccc(C=Nn2c(-c3ccccc3)n[nH]c2=S)c1. The lowest BCUT2D eigenvalue weighted by Gasteiger charge is -2.02. The predicted octanol–water partition coefficient (Wildman–Crippen LogP) is 3.50. The Labute approximate surface area is 132 Å². The molecule has 0 atom stereocenters. The monoisotopic (exact) mass is 310 g/mol. The molecular formula is C16H14N4OS. The van der Waals surface area contributed by atoms with Crippen molar-refractivity contribution in [2.75, 3.05) is 7.11 Å². The number of rotatable bonds is 4. The third-order valence-corrected chi connectivity index (χ3v) is 3.36. The van der Waals surface area contributed by atoms with Gasteiger partial charge in [0.15, 0.2) is 5.82 Å². The lowest BCUT2D eigenvalue weighted by atomic mass is 10.2. The van der Waals surface area contributed by atoms with Crippen LogP contribution in [0.1, 0.15) is 5.56 Å². The minimum Gasteiger partial charge on any atom is -0.497 e. The summed E-state index contributed by atoms with van der Waals surface area (Å²) in [5.74, 6) is 1.45. The molecule has 3 rings (SSSR count). The highest BCUT2D eigenvalue weighted by molar-refractivity contribution is 7.71. The van der Waals surface area contributed by atoms with E-state index in [9.17, 15) is 0 Å². The zero-order valence-electron chi connectivity index (χ0n) is 11.9. The molecule has 0 bridgehead atoms. The van der Waals surface area contributed by atoms with Crippen molar-refractivity contribution in [3.63, 3.8) is 0 Å². The summed E-state index contributed by atoms with van der Waals surface area (Å²) >= 11 is 5.24. The fourth-order valence-corrected chi connectivity index (χ4v) is 2.20. The second kappa shape index (κ2) is 6.36. The van der Waals surface area contributed by atoms with E-state index in [4.69, 9.17) is 17.0 Å². The van der Waals surface area contributed by atoms with Crippen LogP contribution in [0.4, 0.5) is 0 Å². The average Bonchev–Trinajstić information content (AvgIpc) is 2.95. The van der Waals surface area contributed by atoms with Crippen LogP contribution in [0.3, 0.4) is 0 Å². The van der Waals surface area contributed by atoms with Gasteiger partial charge >= 0.3 is 0 Å². The molecule has 0 aliphatic heterocycles. The number of methoxy groups -OCH3 is 1. The third-order valence-electron chi connectivity index (χ3n) is 3.10. The van der Waals surface area contributed by atoms with Gasteiger partial charge in [-0.15, -0.1) is 0 Å². The molecular weight excluding hydrogens is 296 g/mol. The Morgan fingerprint density at radius 3 is 2.77 bits per heavy atom. The van der Waals surface area contributed by atoms with E-state index in [2.05, 4.69) is 15.3 Å². The number of hydrogen-bond acceptors (Lipinski definition) is 4. The predicted molar refractivity (Wildman–Crippen MR) is 88.8 cm³/mol. The maximum atomic E-state index is 5.24. The number of H-pyrrole nitrogens is 1. The van der Waals surface area contributed by atoms with Crippen LogP contribution < -0.4 is 4.74 Å². The van der Waals surface area contributed by atoms with Gasteiger partial charge in [-0.3, -0.25) is 0 Å². The first kappa shape index (κ1) is 14.2. The highest BCUT2D eigenvalue weighted by atomic mass is 32.1. The van der Waals surface area contributed by atoms with Crippen molar-refractivity contribution in [1.29, 1.82) is 0 Å². The topological polar surface area (TPSA) is 55.2 Å². The van der Waals surface area contributed by atoms with Crippen LogP contribution in [0.15, 0.2) is 59.7 Å². The van der Waals surface area contributed by atoms with Crippen LogP contribution >= 0.6 is 12.2 Å². The van der Waals surface area contributed by atoms with Gasteiger partial charge in [0, 0.05) is 5.56 Å². The summed E-state index contributed by atoms with van der Waals surface area (Å²) in [6.45, 7) is 0. The highest BCUT2D eigenvalue weighted by Gasteiger charge is 2.07. The molecule has 110 valence electrons. The number of nitrogens with zero attached hydrogens (tertiary/aromatic N) is 3. The summed E-state index contributed by atoms with van der Waals surface area (Å²) < 4.78 is 7.25. The molecule has 6 heteroatoms. The molecule has 0 amide bonds. The zero-order chi connectivity index (χ0) is 15.4. The van der Waals surface area contributed by atoms with Crippen LogP contribution in [-0.4, -0.2) is 28.2 Å². The van der Waals surface area contributed by atoms with Gasteiger partial charge in [0.1, 0.15) is 5.75 Å². The average molecular weight is 310 g/mol. The minimum absolute atomic E-state index is 0.443. The van der Waals surface area contributed by atoms with E-state index in [0.29, 0.717) is 10.6 Å². The first-order chi connectivity index (χ1) is 10.8. The Morgan fingerprint density at radius 1 is 1.18 bits per heavy atom. The lowest BCUT2D eigenvalue weighted by molar-refractivity contribution is 0.415. The maximum absolute atomic E-state index is 5.24. The molecule has 0 radical (unpaired) electrons. The molecule has 0 spiro atoms. The van der Waals surface area contributed by atoms with Gasteiger partial charge in [0.25, 0.3) is 0 Å². The van der Waals surface area contributed by atoms with Crippen molar-refractivity contribution in [3.8, 4) is 17.1 Å². The summed E-state index contributed by atoms with van der Waals surface area (Å²) in [4.78, 5) is 0. The zero-order valence-corrected chi connectivity index (χ0v) is 12.7. The summed E-state index contributed by atoms with van der Waals surface area (Å²) in [5.41, 5.74) is 1.86. The number of ether oxygens (including phenoxy) is 1. The van der Waals surface area contributed by atoms with Crippen LogP contribution in [-0.2, 0) is 0 Å². The van der Waals surface area contributed by atoms with Crippen molar-refractivity contribution in [2.24, 2.45) is 5.10 Å². The Hall–Kier alpha value is -2.73. The molecule has 0 fully saturated rings. The van der Waals surface area contributed by atoms with E-state index in [1.54, 1.807) is 18.0 Å². The fourth-order valence-electron chi connectivity index (χ4n) is 2.02. The summed E-state index contributed by atoms with van der Waals surface area (Å²) in [6.07, 6.45) is 1.72. The van der Waals surface area contributed by atoms with Crippen LogP contribution in [0.25, 0.3) is 11.4 Å². The molecule has 0 unspecified atom stereocenters. The molecule has 3 aromatic rings. The van der Waals surface area contributed by atoms with Crippen molar-refractivity contribution in [1.82, 2.24) is 14.9 Å². The van der Waals surface area contributed by atoms with E-state index in [0.717, 1.165) is 16.9 Å². The largest absolute Gasteiger partial charge is 0.497 e. The van der Waals surface area contributed by atoms with Gasteiger partial charge in [-0.25, -0.2) is 5.10 Å². The van der Waals surface area contributed by atoms with Gasteiger partial charge in [-0.1, -0.05) is 42.5 Å². The molecule has 5 nitrogen and oxygen atoms in total. The third kappa shape index (κ3) is 2.96.